The van der Waals surface area contributed by atoms with Crippen molar-refractivity contribution in [2.75, 3.05) is 13.2 Å². The largest absolute Gasteiger partial charge is 0.491 e. The Labute approximate surface area is 241 Å². The maximum absolute atomic E-state index is 13.0. The van der Waals surface area contributed by atoms with Crippen LogP contribution in [-0.2, 0) is 17.8 Å². The van der Waals surface area contributed by atoms with Crippen molar-refractivity contribution in [3.05, 3.63) is 114 Å². The molecule has 2 aliphatic heterocycles. The molecule has 1 aromatic heterocycles. The zero-order chi connectivity index (χ0) is 28.2. The van der Waals surface area contributed by atoms with Crippen molar-refractivity contribution in [3.8, 4) is 11.5 Å². The summed E-state index contributed by atoms with van der Waals surface area (Å²) in [5.74, 6) is 1.09. The van der Waals surface area contributed by atoms with E-state index in [-0.39, 0.29) is 18.0 Å². The first-order valence-corrected chi connectivity index (χ1v) is 14.0. The molecule has 2 aliphatic rings. The zero-order valence-electron chi connectivity index (χ0n) is 22.2. The highest BCUT2D eigenvalue weighted by Crippen LogP contribution is 2.30. The van der Waals surface area contributed by atoms with Gasteiger partial charge in [0.25, 0.3) is 5.91 Å². The van der Waals surface area contributed by atoms with Crippen molar-refractivity contribution >= 4 is 50.7 Å². The third kappa shape index (κ3) is 5.57. The lowest BCUT2D eigenvalue weighted by molar-refractivity contribution is -0.114. The summed E-state index contributed by atoms with van der Waals surface area (Å²) in [5.41, 5.74) is 3.11. The number of thioether (sulfide) groups is 1. The number of rotatable bonds is 10. The number of hydrazone groups is 1. The van der Waals surface area contributed by atoms with Crippen molar-refractivity contribution in [1.29, 1.82) is 5.41 Å². The van der Waals surface area contributed by atoms with Crippen LogP contribution in [0.4, 0.5) is 0 Å². The number of benzene rings is 3. The van der Waals surface area contributed by atoms with Crippen LogP contribution in [0.25, 0.3) is 17.0 Å². The van der Waals surface area contributed by atoms with E-state index in [0.29, 0.717) is 23.4 Å². The predicted molar refractivity (Wildman–Crippen MR) is 165 cm³/mol. The van der Waals surface area contributed by atoms with Gasteiger partial charge in [0.15, 0.2) is 5.84 Å². The molecule has 0 bridgehead atoms. The number of para-hydroxylation sites is 3. The van der Waals surface area contributed by atoms with Gasteiger partial charge in [0.2, 0.25) is 5.17 Å². The van der Waals surface area contributed by atoms with Crippen LogP contribution in [0.5, 0.6) is 11.5 Å². The van der Waals surface area contributed by atoms with Gasteiger partial charge in [-0.2, -0.15) is 15.1 Å². The van der Waals surface area contributed by atoms with Gasteiger partial charge in [-0.25, -0.2) is 0 Å². The third-order valence-corrected chi connectivity index (χ3v) is 7.53. The van der Waals surface area contributed by atoms with Gasteiger partial charge >= 0.3 is 0 Å². The quantitative estimate of drug-likeness (QED) is 0.185. The Hall–Kier alpha value is -4.89. The average molecular weight is 562 g/mol. The third-order valence-electron chi connectivity index (χ3n) is 6.65. The van der Waals surface area contributed by atoms with Gasteiger partial charge < -0.3 is 14.0 Å². The van der Waals surface area contributed by atoms with E-state index in [4.69, 9.17) is 14.9 Å². The van der Waals surface area contributed by atoms with Crippen molar-refractivity contribution in [2.24, 2.45) is 10.1 Å². The standard InChI is InChI=1S/C32H27N5O3S/c1-2-10-22-11-6-9-16-28(22)39-18-17-36-20-23(25-14-7-8-15-27(25)36)19-26-30(33)37-32(34-31(26)38)41-29(35-37)21-40-24-12-4-3-5-13-24/h2-9,11-16,19-20,33H,1,10,17-18,21H2/b26-19+,33-30?. The van der Waals surface area contributed by atoms with E-state index in [1.807, 2.05) is 91.1 Å². The van der Waals surface area contributed by atoms with Gasteiger partial charge in [-0.15, -0.1) is 6.58 Å². The number of carbonyl (C=O) groups excluding carboxylic acids is 1. The van der Waals surface area contributed by atoms with E-state index in [2.05, 4.69) is 21.2 Å². The first-order valence-electron chi connectivity index (χ1n) is 13.2. The van der Waals surface area contributed by atoms with E-state index in [1.54, 1.807) is 6.08 Å². The summed E-state index contributed by atoms with van der Waals surface area (Å²) in [7, 11) is 0. The maximum Gasteiger partial charge on any atom is 0.283 e. The second-order valence-electron chi connectivity index (χ2n) is 9.36. The highest BCUT2D eigenvalue weighted by Gasteiger charge is 2.36. The average Bonchev–Trinajstić information content (AvgIpc) is 3.57. The number of amidine groups is 2. The van der Waals surface area contributed by atoms with Crippen molar-refractivity contribution in [2.45, 2.75) is 13.0 Å². The maximum atomic E-state index is 13.0. The molecule has 3 heterocycles. The number of nitrogens with one attached hydrogen (secondary N) is 1. The number of aromatic nitrogens is 1. The molecule has 0 fully saturated rings. The summed E-state index contributed by atoms with van der Waals surface area (Å²) < 4.78 is 14.0. The zero-order valence-corrected chi connectivity index (χ0v) is 23.0. The summed E-state index contributed by atoms with van der Waals surface area (Å²) in [4.78, 5) is 17.3. The summed E-state index contributed by atoms with van der Waals surface area (Å²) in [6.45, 7) is 5.13. The molecule has 41 heavy (non-hydrogen) atoms. The summed E-state index contributed by atoms with van der Waals surface area (Å²) in [5, 5.41) is 16.6. The van der Waals surface area contributed by atoms with E-state index in [9.17, 15) is 4.79 Å². The van der Waals surface area contributed by atoms with Crippen LogP contribution in [0.3, 0.4) is 0 Å². The van der Waals surface area contributed by atoms with E-state index < -0.39 is 5.91 Å². The Bertz CT molecular complexity index is 1740. The lowest BCUT2D eigenvalue weighted by Crippen LogP contribution is -2.35. The Kier molecular flexibility index (Phi) is 7.51. The summed E-state index contributed by atoms with van der Waals surface area (Å²) >= 11 is 1.24. The van der Waals surface area contributed by atoms with Crippen LogP contribution in [0.15, 0.2) is 113 Å². The highest BCUT2D eigenvalue weighted by molar-refractivity contribution is 8.27. The lowest BCUT2D eigenvalue weighted by atomic mass is 10.1. The molecule has 0 radical (unpaired) electrons. The molecule has 0 unspecified atom stereocenters. The molecule has 9 heteroatoms. The molecule has 0 saturated carbocycles. The minimum absolute atomic E-state index is 0.0128. The fourth-order valence-electron chi connectivity index (χ4n) is 4.71. The van der Waals surface area contributed by atoms with E-state index in [1.165, 1.54) is 16.8 Å². The predicted octanol–water partition coefficient (Wildman–Crippen LogP) is 6.15. The number of ether oxygens (including phenoxy) is 2. The molecule has 6 rings (SSSR count). The van der Waals surface area contributed by atoms with Crippen LogP contribution in [0, 0.1) is 5.41 Å². The van der Waals surface area contributed by atoms with Gasteiger partial charge in [-0.1, -0.05) is 60.7 Å². The van der Waals surface area contributed by atoms with Crippen LogP contribution in [0.1, 0.15) is 11.1 Å². The lowest BCUT2D eigenvalue weighted by Gasteiger charge is -2.20. The second kappa shape index (κ2) is 11.7. The first kappa shape index (κ1) is 26.3. The molecule has 0 aliphatic carbocycles. The van der Waals surface area contributed by atoms with Crippen LogP contribution < -0.4 is 9.47 Å². The number of allylic oxidation sites excluding steroid dienone is 1. The van der Waals surface area contributed by atoms with Gasteiger partial charge in [0.05, 0.1) is 12.1 Å². The molecule has 3 aromatic carbocycles. The van der Waals surface area contributed by atoms with Crippen LogP contribution in [-0.4, -0.2) is 44.7 Å². The molecule has 204 valence electrons. The molecule has 4 aromatic rings. The van der Waals surface area contributed by atoms with Crippen molar-refractivity contribution in [3.63, 3.8) is 0 Å². The molecule has 8 nitrogen and oxygen atoms in total. The monoisotopic (exact) mass is 561 g/mol. The van der Waals surface area contributed by atoms with Crippen LogP contribution in [0.2, 0.25) is 0 Å². The number of amides is 1. The topological polar surface area (TPSA) is 92.3 Å². The number of carbonyl (C=O) groups is 1. The minimum atomic E-state index is -0.465. The van der Waals surface area contributed by atoms with Crippen molar-refractivity contribution < 1.29 is 14.3 Å². The molecule has 0 saturated heterocycles. The highest BCUT2D eigenvalue weighted by atomic mass is 32.2. The van der Waals surface area contributed by atoms with Gasteiger partial charge in [-0.3, -0.25) is 10.2 Å². The Morgan fingerprint density at radius 2 is 1.76 bits per heavy atom. The molecular weight excluding hydrogens is 534 g/mol. The van der Waals surface area contributed by atoms with Crippen LogP contribution >= 0.6 is 11.8 Å². The second-order valence-corrected chi connectivity index (χ2v) is 10.4. The van der Waals surface area contributed by atoms with Gasteiger partial charge in [-0.05, 0) is 54.1 Å². The molecule has 1 N–H and O–H groups in total. The first-order chi connectivity index (χ1) is 20.1. The Morgan fingerprint density at radius 1 is 0.976 bits per heavy atom. The number of nitrogens with zero attached hydrogens (tertiary/aromatic N) is 4. The van der Waals surface area contributed by atoms with Crippen molar-refractivity contribution in [1.82, 2.24) is 9.58 Å². The number of fused-ring (bicyclic) bond motifs is 2. The number of aliphatic imine (C=N–C) groups is 1. The van der Waals surface area contributed by atoms with E-state index >= 15 is 0 Å². The summed E-state index contributed by atoms with van der Waals surface area (Å²) in [6, 6.07) is 25.4. The molecule has 0 spiro atoms. The number of hydrogen-bond acceptors (Lipinski definition) is 6. The Balaban J connectivity index is 1.21. The van der Waals surface area contributed by atoms with Gasteiger partial charge in [0.1, 0.15) is 29.8 Å². The number of hydrogen-bond donors (Lipinski definition) is 1. The Morgan fingerprint density at radius 3 is 2.61 bits per heavy atom. The fraction of sp³-hybridized carbons (Fsp3) is 0.125. The molecular formula is C32H27N5O3S. The fourth-order valence-corrected chi connectivity index (χ4v) is 5.50. The normalized spacial score (nSPS) is 15.6. The summed E-state index contributed by atoms with van der Waals surface area (Å²) in [6.07, 6.45) is 6.32. The van der Waals surface area contributed by atoms with Gasteiger partial charge in [0, 0.05) is 22.7 Å². The molecule has 0 atom stereocenters. The smallest absolute Gasteiger partial charge is 0.283 e. The molecule has 1 amide bonds. The minimum Gasteiger partial charge on any atom is -0.491 e. The SMILES string of the molecule is C=CCc1ccccc1OCCn1cc(/C=C2\C(=N)N3N=C(COc4ccccc4)SC3=NC2=O)c2ccccc21. The van der Waals surface area contributed by atoms with E-state index in [0.717, 1.165) is 39.9 Å².